The molecule has 0 bridgehead atoms. The molecule has 0 atom stereocenters. The summed E-state index contributed by atoms with van der Waals surface area (Å²) >= 11 is 4.80. The van der Waals surface area contributed by atoms with E-state index in [1.807, 2.05) is 6.92 Å². The van der Waals surface area contributed by atoms with Gasteiger partial charge in [-0.25, -0.2) is 9.50 Å². The molecule has 150 valence electrons. The van der Waals surface area contributed by atoms with Gasteiger partial charge in [0.1, 0.15) is 9.63 Å². The van der Waals surface area contributed by atoms with Crippen LogP contribution in [0.5, 0.6) is 5.88 Å². The Hall–Kier alpha value is -2.02. The second-order valence-electron chi connectivity index (χ2n) is 5.36. The molecule has 28 heavy (non-hydrogen) atoms. The zero-order chi connectivity index (χ0) is 20.5. The van der Waals surface area contributed by atoms with Gasteiger partial charge in [0.25, 0.3) is 0 Å². The van der Waals surface area contributed by atoms with Crippen LogP contribution in [-0.2, 0) is 0 Å². The van der Waals surface area contributed by atoms with Crippen molar-refractivity contribution in [2.75, 3.05) is 12.4 Å². The molecule has 0 aliphatic rings. The molecule has 0 N–H and O–H groups in total. The van der Waals surface area contributed by atoms with Crippen LogP contribution < -0.4 is 4.74 Å². The number of nitrogens with zero attached hydrogens (tertiary/aromatic N) is 5. The molecule has 0 unspecified atom stereocenters. The summed E-state index contributed by atoms with van der Waals surface area (Å²) in [6, 6.07) is 4.26. The number of rotatable bonds is 6. The largest absolute Gasteiger partial charge is 0.470 e. The molecule has 0 aliphatic heterocycles. The number of halogens is 6. The van der Waals surface area contributed by atoms with Crippen molar-refractivity contribution in [2.24, 2.45) is 0 Å². The van der Waals surface area contributed by atoms with Gasteiger partial charge in [-0.3, -0.25) is 0 Å². The first-order chi connectivity index (χ1) is 13.1. The van der Waals surface area contributed by atoms with Gasteiger partial charge in [-0.2, -0.15) is 27.1 Å². The fourth-order valence-corrected chi connectivity index (χ4v) is 3.25. The summed E-state index contributed by atoms with van der Waals surface area (Å²) in [6.45, 7) is 0.0526. The van der Waals surface area contributed by atoms with Crippen LogP contribution in [0.2, 0.25) is 0 Å². The molecule has 3 aromatic heterocycles. The third-order valence-corrected chi connectivity index (χ3v) is 4.88. The van der Waals surface area contributed by atoms with Crippen molar-refractivity contribution in [1.29, 1.82) is 0 Å². The minimum atomic E-state index is -5.71. The predicted molar refractivity (Wildman–Crippen MR) is 94.6 cm³/mol. The molecular weight excluding hydrogens is 473 g/mol. The molecular formula is C15H11BrF5N5OS. The van der Waals surface area contributed by atoms with E-state index in [1.54, 1.807) is 16.8 Å². The lowest BCUT2D eigenvalue weighted by molar-refractivity contribution is -0.290. The number of alkyl halides is 5. The number of fused-ring (bicyclic) bond motifs is 1. The summed E-state index contributed by atoms with van der Waals surface area (Å²) in [7, 11) is 0. The molecule has 3 heterocycles. The van der Waals surface area contributed by atoms with Gasteiger partial charge in [0.15, 0.2) is 12.3 Å². The van der Waals surface area contributed by atoms with Crippen LogP contribution in [-0.4, -0.2) is 49.3 Å². The Morgan fingerprint density at radius 3 is 2.50 bits per heavy atom. The Labute approximate surface area is 167 Å². The van der Waals surface area contributed by atoms with Crippen molar-refractivity contribution < 1.29 is 26.7 Å². The van der Waals surface area contributed by atoms with Crippen LogP contribution in [0.4, 0.5) is 22.0 Å². The van der Waals surface area contributed by atoms with Gasteiger partial charge in [-0.05, 0) is 33.8 Å². The van der Waals surface area contributed by atoms with Gasteiger partial charge < -0.3 is 4.74 Å². The summed E-state index contributed by atoms with van der Waals surface area (Å²) in [4.78, 5) is 4.27. The van der Waals surface area contributed by atoms with Gasteiger partial charge in [0.05, 0.1) is 11.3 Å². The summed E-state index contributed by atoms with van der Waals surface area (Å²) in [5.41, 5.74) is 1.37. The third-order valence-electron chi connectivity index (χ3n) is 3.43. The van der Waals surface area contributed by atoms with Crippen LogP contribution in [0, 0.1) is 0 Å². The SMILES string of the molecule is CCSc1nn2c(Br)ccnc2c1-c1ccc(OCC(F)(F)C(F)(F)F)nn1. The zero-order valence-electron chi connectivity index (χ0n) is 14.0. The van der Waals surface area contributed by atoms with Crippen LogP contribution >= 0.6 is 27.7 Å². The van der Waals surface area contributed by atoms with E-state index in [4.69, 9.17) is 0 Å². The summed E-state index contributed by atoms with van der Waals surface area (Å²) in [5.74, 6) is -4.73. The first kappa shape index (κ1) is 20.7. The molecule has 0 radical (unpaired) electrons. The molecule has 0 saturated heterocycles. The Balaban J connectivity index is 1.90. The molecule has 0 saturated carbocycles. The standard InChI is InChI=1S/C15H11BrF5N5OS/c1-2-28-13-11(12-22-6-5-9(16)26(12)25-13)8-3-4-10(24-23-8)27-7-14(17,18)15(19,20)21/h3-6H,2,7H2,1H3. The maximum Gasteiger partial charge on any atom is 0.456 e. The van der Waals surface area contributed by atoms with E-state index in [9.17, 15) is 22.0 Å². The molecule has 13 heteroatoms. The Morgan fingerprint density at radius 2 is 1.89 bits per heavy atom. The molecule has 6 nitrogen and oxygen atoms in total. The fourth-order valence-electron chi connectivity index (χ4n) is 2.14. The average Bonchev–Trinajstić information content (AvgIpc) is 2.99. The Bertz CT molecular complexity index is 979. The molecule has 3 rings (SSSR count). The molecule has 3 aromatic rings. The lowest BCUT2D eigenvalue weighted by Gasteiger charge is -2.19. The smallest absolute Gasteiger partial charge is 0.456 e. The van der Waals surface area contributed by atoms with Crippen molar-refractivity contribution >= 4 is 33.3 Å². The number of hydrogen-bond acceptors (Lipinski definition) is 6. The highest BCUT2D eigenvalue weighted by Crippen LogP contribution is 2.36. The monoisotopic (exact) mass is 483 g/mol. The molecule has 0 spiro atoms. The van der Waals surface area contributed by atoms with Crippen molar-refractivity contribution in [3.05, 3.63) is 29.0 Å². The van der Waals surface area contributed by atoms with E-state index >= 15 is 0 Å². The number of aromatic nitrogens is 5. The number of ether oxygens (including phenoxy) is 1. The number of thioether (sulfide) groups is 1. The predicted octanol–water partition coefficient (Wildman–Crippen LogP) is 4.64. The molecule has 0 amide bonds. The van der Waals surface area contributed by atoms with E-state index in [2.05, 4.69) is 40.9 Å². The average molecular weight is 484 g/mol. The minimum Gasteiger partial charge on any atom is -0.470 e. The zero-order valence-corrected chi connectivity index (χ0v) is 16.4. The summed E-state index contributed by atoms with van der Waals surface area (Å²) < 4.78 is 69.2. The summed E-state index contributed by atoms with van der Waals surface area (Å²) in [6.07, 6.45) is -4.14. The topological polar surface area (TPSA) is 65.2 Å². The van der Waals surface area contributed by atoms with Crippen molar-refractivity contribution in [3.8, 4) is 17.1 Å². The van der Waals surface area contributed by atoms with E-state index in [0.29, 0.717) is 26.5 Å². The van der Waals surface area contributed by atoms with Gasteiger partial charge in [0, 0.05) is 12.3 Å². The quantitative estimate of drug-likeness (QED) is 0.289. The highest BCUT2D eigenvalue weighted by molar-refractivity contribution is 9.10. The van der Waals surface area contributed by atoms with Crippen LogP contribution in [0.15, 0.2) is 34.0 Å². The number of hydrogen-bond donors (Lipinski definition) is 0. The lowest BCUT2D eigenvalue weighted by atomic mass is 10.2. The second-order valence-corrected chi connectivity index (χ2v) is 7.43. The Morgan fingerprint density at radius 1 is 1.14 bits per heavy atom. The normalized spacial score (nSPS) is 12.5. The highest BCUT2D eigenvalue weighted by Gasteiger charge is 2.58. The van der Waals surface area contributed by atoms with Crippen LogP contribution in [0.3, 0.4) is 0 Å². The first-order valence-electron chi connectivity index (χ1n) is 7.71. The van der Waals surface area contributed by atoms with Crippen molar-refractivity contribution in [2.45, 2.75) is 24.0 Å². The summed E-state index contributed by atoms with van der Waals surface area (Å²) in [5, 5.41) is 12.5. The Kier molecular flexibility index (Phi) is 5.75. The first-order valence-corrected chi connectivity index (χ1v) is 9.49. The van der Waals surface area contributed by atoms with Crippen molar-refractivity contribution in [3.63, 3.8) is 0 Å². The lowest BCUT2D eigenvalue weighted by Crippen LogP contribution is -2.41. The van der Waals surface area contributed by atoms with Gasteiger partial charge >= 0.3 is 12.1 Å². The van der Waals surface area contributed by atoms with E-state index in [0.717, 1.165) is 11.8 Å². The second kappa shape index (κ2) is 7.78. The molecule has 0 fully saturated rings. The molecule has 0 aromatic carbocycles. The van der Waals surface area contributed by atoms with E-state index in [1.165, 1.54) is 17.8 Å². The highest BCUT2D eigenvalue weighted by atomic mass is 79.9. The minimum absolute atomic E-state index is 0.325. The van der Waals surface area contributed by atoms with E-state index < -0.39 is 24.6 Å². The van der Waals surface area contributed by atoms with Crippen molar-refractivity contribution in [1.82, 2.24) is 24.8 Å². The molecule has 0 aliphatic carbocycles. The van der Waals surface area contributed by atoms with Gasteiger partial charge in [0.2, 0.25) is 5.88 Å². The third kappa shape index (κ3) is 4.04. The van der Waals surface area contributed by atoms with Crippen LogP contribution in [0.25, 0.3) is 16.9 Å². The van der Waals surface area contributed by atoms with Crippen LogP contribution in [0.1, 0.15) is 6.92 Å². The maximum absolute atomic E-state index is 12.9. The fraction of sp³-hybridized carbons (Fsp3) is 0.333. The van der Waals surface area contributed by atoms with E-state index in [-0.39, 0.29) is 0 Å². The van der Waals surface area contributed by atoms with Gasteiger partial charge in [-0.15, -0.1) is 22.0 Å². The van der Waals surface area contributed by atoms with Gasteiger partial charge in [-0.1, -0.05) is 6.92 Å². The maximum atomic E-state index is 12.9.